The molecule has 0 saturated heterocycles. The molecular formula is C22H25N3O3. The normalized spacial score (nSPS) is 14.2. The number of nitrogens with zero attached hydrogens (tertiary/aromatic N) is 3. The summed E-state index contributed by atoms with van der Waals surface area (Å²) in [5.74, 6) is -0.0318. The van der Waals surface area contributed by atoms with Gasteiger partial charge in [-0.1, -0.05) is 18.2 Å². The quantitative estimate of drug-likeness (QED) is 0.588. The van der Waals surface area contributed by atoms with Gasteiger partial charge < -0.3 is 24.5 Å². The minimum Gasteiger partial charge on any atom is -0.508 e. The Hall–Kier alpha value is -3.15. The molecule has 0 bridgehead atoms. The van der Waals surface area contributed by atoms with E-state index in [1.165, 1.54) is 0 Å². The summed E-state index contributed by atoms with van der Waals surface area (Å²) in [6.07, 6.45) is 12.7. The van der Waals surface area contributed by atoms with E-state index in [-0.39, 0.29) is 17.4 Å². The Morgan fingerprint density at radius 2 is 1.82 bits per heavy atom. The molecule has 1 aromatic carbocycles. The Balaban J connectivity index is 1.74. The van der Waals surface area contributed by atoms with E-state index in [1.807, 2.05) is 15.3 Å². The van der Waals surface area contributed by atoms with Crippen molar-refractivity contribution in [1.29, 1.82) is 0 Å². The van der Waals surface area contributed by atoms with Crippen LogP contribution in [0.15, 0.2) is 49.1 Å². The molecule has 0 atom stereocenters. The average molecular weight is 379 g/mol. The molecule has 0 aliphatic heterocycles. The van der Waals surface area contributed by atoms with Crippen molar-refractivity contribution in [2.24, 2.45) is 0 Å². The summed E-state index contributed by atoms with van der Waals surface area (Å²) in [6, 6.07) is 6.74. The molecule has 6 heteroatoms. The summed E-state index contributed by atoms with van der Waals surface area (Å²) < 4.78 is 3.83. The first-order valence-electron chi connectivity index (χ1n) is 9.74. The lowest BCUT2D eigenvalue weighted by atomic mass is 9.92. The first-order chi connectivity index (χ1) is 13.6. The van der Waals surface area contributed by atoms with Crippen LogP contribution in [-0.4, -0.2) is 29.4 Å². The highest BCUT2D eigenvalue weighted by Crippen LogP contribution is 2.47. The summed E-state index contributed by atoms with van der Waals surface area (Å²) in [7, 11) is 0. The molecule has 0 saturated carbocycles. The predicted molar refractivity (Wildman–Crippen MR) is 108 cm³/mol. The van der Waals surface area contributed by atoms with Gasteiger partial charge in [0, 0.05) is 25.5 Å². The van der Waals surface area contributed by atoms with Crippen molar-refractivity contribution in [3.63, 3.8) is 0 Å². The van der Waals surface area contributed by atoms with Crippen LogP contribution in [0.5, 0.6) is 17.4 Å². The molecule has 0 unspecified atom stereocenters. The largest absolute Gasteiger partial charge is 0.508 e. The fourth-order valence-electron chi connectivity index (χ4n) is 3.93. The number of hydrogen-bond acceptors (Lipinski definition) is 4. The summed E-state index contributed by atoms with van der Waals surface area (Å²) in [5.41, 5.74) is 3.45. The number of rotatable bonds is 6. The highest BCUT2D eigenvalue weighted by Gasteiger charge is 2.26. The maximum absolute atomic E-state index is 10.8. The first-order valence-corrected chi connectivity index (χ1v) is 9.74. The number of aromatic hydroxyl groups is 3. The molecule has 2 aromatic heterocycles. The van der Waals surface area contributed by atoms with E-state index in [0.29, 0.717) is 12.1 Å². The zero-order valence-corrected chi connectivity index (χ0v) is 15.8. The van der Waals surface area contributed by atoms with E-state index in [9.17, 15) is 15.3 Å². The molecule has 2 heterocycles. The van der Waals surface area contributed by atoms with Gasteiger partial charge in [0.2, 0.25) is 5.88 Å². The van der Waals surface area contributed by atoms with Crippen molar-refractivity contribution in [3.05, 3.63) is 54.8 Å². The molecule has 0 radical (unpaired) electrons. The van der Waals surface area contributed by atoms with Gasteiger partial charge in [-0.3, -0.25) is 0 Å². The van der Waals surface area contributed by atoms with Crippen LogP contribution in [0, 0.1) is 0 Å². The second kappa shape index (κ2) is 7.84. The van der Waals surface area contributed by atoms with Gasteiger partial charge in [-0.25, -0.2) is 4.98 Å². The molecule has 1 aliphatic carbocycles. The van der Waals surface area contributed by atoms with Gasteiger partial charge >= 0.3 is 0 Å². The average Bonchev–Trinajstić information content (AvgIpc) is 3.32. The van der Waals surface area contributed by atoms with Crippen molar-refractivity contribution >= 4 is 5.57 Å². The third-order valence-corrected chi connectivity index (χ3v) is 5.32. The lowest BCUT2D eigenvalue weighted by molar-refractivity contribution is 0.367. The smallest absolute Gasteiger partial charge is 0.235 e. The maximum Gasteiger partial charge on any atom is 0.235 e. The number of aromatic nitrogens is 3. The fourth-order valence-corrected chi connectivity index (χ4v) is 3.93. The number of benzene rings is 1. The lowest BCUT2D eigenvalue weighted by Crippen LogP contribution is -2.07. The van der Waals surface area contributed by atoms with Crippen LogP contribution >= 0.6 is 0 Å². The maximum atomic E-state index is 10.8. The molecule has 4 rings (SSSR count). The molecule has 0 amide bonds. The van der Waals surface area contributed by atoms with E-state index in [2.05, 4.69) is 11.1 Å². The molecule has 3 aromatic rings. The number of hydrogen-bond donors (Lipinski definition) is 3. The van der Waals surface area contributed by atoms with Crippen LogP contribution in [0.2, 0.25) is 0 Å². The van der Waals surface area contributed by atoms with Crippen LogP contribution in [0.1, 0.15) is 37.8 Å². The van der Waals surface area contributed by atoms with Crippen LogP contribution in [0.4, 0.5) is 0 Å². The van der Waals surface area contributed by atoms with Gasteiger partial charge in [0.05, 0.1) is 17.6 Å². The summed E-state index contributed by atoms with van der Waals surface area (Å²) in [5, 5.41) is 31.1. The molecule has 0 spiro atoms. The molecule has 28 heavy (non-hydrogen) atoms. The van der Waals surface area contributed by atoms with Crippen molar-refractivity contribution in [3.8, 4) is 28.5 Å². The monoisotopic (exact) mass is 379 g/mol. The van der Waals surface area contributed by atoms with Gasteiger partial charge in [-0.2, -0.15) is 0 Å². The van der Waals surface area contributed by atoms with Gasteiger partial charge in [-0.15, -0.1) is 0 Å². The van der Waals surface area contributed by atoms with Crippen LogP contribution in [-0.2, 0) is 13.1 Å². The number of aryl methyl sites for hydroxylation is 1. The SMILES string of the molecule is Oc1ccc(-c2c(O)c(O)n(CCCn3ccnc3)c2C2=CCCCC2)cc1. The Morgan fingerprint density at radius 3 is 2.50 bits per heavy atom. The van der Waals surface area contributed by atoms with Crippen LogP contribution in [0.3, 0.4) is 0 Å². The van der Waals surface area contributed by atoms with E-state index in [0.717, 1.165) is 55.5 Å². The summed E-state index contributed by atoms with van der Waals surface area (Å²) in [4.78, 5) is 4.06. The standard InChI is InChI=1S/C22H25N3O3/c26-18-9-7-16(8-10-18)19-20(17-5-2-1-3-6-17)25(22(28)21(19)27)13-4-12-24-14-11-23-15-24/h5,7-11,14-15,26-28H,1-4,6,12-13H2. The number of allylic oxidation sites excluding steroid dienone is 2. The third-order valence-electron chi connectivity index (χ3n) is 5.32. The van der Waals surface area contributed by atoms with E-state index in [1.54, 1.807) is 36.8 Å². The van der Waals surface area contributed by atoms with Crippen molar-refractivity contribution in [2.45, 2.75) is 45.2 Å². The zero-order chi connectivity index (χ0) is 19.5. The zero-order valence-electron chi connectivity index (χ0n) is 15.8. The summed E-state index contributed by atoms with van der Waals surface area (Å²) >= 11 is 0. The number of phenolic OH excluding ortho intramolecular Hbond substituents is 1. The van der Waals surface area contributed by atoms with Crippen LogP contribution < -0.4 is 0 Å². The molecule has 1 aliphatic rings. The number of phenols is 1. The van der Waals surface area contributed by atoms with Crippen LogP contribution in [0.25, 0.3) is 16.7 Å². The van der Waals surface area contributed by atoms with Gasteiger partial charge in [0.25, 0.3) is 0 Å². The molecule has 6 nitrogen and oxygen atoms in total. The highest BCUT2D eigenvalue weighted by molar-refractivity contribution is 5.86. The summed E-state index contributed by atoms with van der Waals surface area (Å²) in [6.45, 7) is 1.37. The Kier molecular flexibility index (Phi) is 5.10. The Bertz CT molecular complexity index is 970. The topological polar surface area (TPSA) is 83.4 Å². The Morgan fingerprint density at radius 1 is 1.00 bits per heavy atom. The Labute approximate surface area is 164 Å². The third kappa shape index (κ3) is 3.50. The van der Waals surface area contributed by atoms with Crippen molar-refractivity contribution < 1.29 is 15.3 Å². The van der Waals surface area contributed by atoms with Gasteiger partial charge in [-0.05, 0) is 55.4 Å². The lowest BCUT2D eigenvalue weighted by Gasteiger charge is -2.18. The highest BCUT2D eigenvalue weighted by atomic mass is 16.3. The second-order valence-corrected chi connectivity index (χ2v) is 7.22. The van der Waals surface area contributed by atoms with E-state index < -0.39 is 0 Å². The number of imidazole rings is 1. The van der Waals surface area contributed by atoms with E-state index in [4.69, 9.17) is 0 Å². The second-order valence-electron chi connectivity index (χ2n) is 7.22. The minimum absolute atomic E-state index is 0.102. The molecular weight excluding hydrogens is 354 g/mol. The molecule has 0 fully saturated rings. The van der Waals surface area contributed by atoms with Crippen molar-refractivity contribution in [2.75, 3.05) is 0 Å². The van der Waals surface area contributed by atoms with Gasteiger partial charge in [0.15, 0.2) is 5.75 Å². The first kappa shape index (κ1) is 18.2. The molecule has 3 N–H and O–H groups in total. The van der Waals surface area contributed by atoms with E-state index >= 15 is 0 Å². The molecule has 146 valence electrons. The predicted octanol–water partition coefficient (Wildman–Crippen LogP) is 4.52. The fraction of sp³-hybridized carbons (Fsp3) is 0.318. The van der Waals surface area contributed by atoms with Gasteiger partial charge in [0.1, 0.15) is 5.75 Å². The van der Waals surface area contributed by atoms with Crippen molar-refractivity contribution in [1.82, 2.24) is 14.1 Å². The minimum atomic E-state index is -0.102.